The Balaban J connectivity index is 1.03. The topological polar surface area (TPSA) is 103 Å². The molecule has 3 aliphatic heterocycles. The largest absolute Gasteiger partial charge is 0.489 e. The van der Waals surface area contributed by atoms with E-state index in [-0.39, 0.29) is 30.6 Å². The number of nitrogens with one attached hydrogen (secondary N) is 1. The van der Waals surface area contributed by atoms with E-state index in [0.29, 0.717) is 40.8 Å². The van der Waals surface area contributed by atoms with Crippen LogP contribution < -0.4 is 15.0 Å². The molecule has 202 valence electrons. The normalized spacial score (nSPS) is 18.7. The summed E-state index contributed by atoms with van der Waals surface area (Å²) < 4.78 is 20.4. The van der Waals surface area contributed by atoms with Crippen LogP contribution in [0.5, 0.6) is 5.75 Å². The number of rotatable bonds is 7. The van der Waals surface area contributed by atoms with Crippen LogP contribution in [-0.4, -0.2) is 47.0 Å². The van der Waals surface area contributed by atoms with E-state index in [1.165, 1.54) is 11.0 Å². The zero-order chi connectivity index (χ0) is 27.8. The first-order valence-corrected chi connectivity index (χ1v) is 13.9. The monoisotopic (exact) mass is 556 g/mol. The number of nitriles is 1. The number of hydrogen-bond donors (Lipinski definition) is 1. The molecule has 0 radical (unpaired) electrons. The van der Waals surface area contributed by atoms with Crippen molar-refractivity contribution in [3.8, 4) is 11.8 Å². The van der Waals surface area contributed by atoms with Crippen LogP contribution in [0.15, 0.2) is 65.6 Å². The quantitative estimate of drug-likeness (QED) is 0.439. The van der Waals surface area contributed by atoms with Crippen molar-refractivity contribution < 1.29 is 23.5 Å². The number of benzene rings is 3. The molecule has 0 aromatic heterocycles. The zero-order valence-electron chi connectivity index (χ0n) is 21.4. The molecule has 1 N–H and O–H groups in total. The molecule has 3 heterocycles. The number of fused-ring (bicyclic) bond motifs is 1. The maximum absolute atomic E-state index is 14.3. The first kappa shape index (κ1) is 25.9. The lowest BCUT2D eigenvalue weighted by molar-refractivity contribution is -0.136. The third-order valence-electron chi connectivity index (χ3n) is 7.43. The van der Waals surface area contributed by atoms with Crippen LogP contribution in [0.2, 0.25) is 0 Å². The molecule has 2 fully saturated rings. The fourth-order valence-corrected chi connectivity index (χ4v) is 6.44. The Hall–Kier alpha value is -4.36. The predicted molar refractivity (Wildman–Crippen MR) is 146 cm³/mol. The van der Waals surface area contributed by atoms with E-state index >= 15 is 0 Å². The molecule has 0 spiro atoms. The molecule has 0 unspecified atom stereocenters. The summed E-state index contributed by atoms with van der Waals surface area (Å²) in [5, 5.41) is 11.6. The number of amides is 3. The fourth-order valence-electron chi connectivity index (χ4n) is 5.25. The highest BCUT2D eigenvalue weighted by Gasteiger charge is 2.40. The molecule has 10 heteroatoms. The number of carbonyl (C=O) groups is 3. The van der Waals surface area contributed by atoms with Crippen molar-refractivity contribution in [2.24, 2.45) is 0 Å². The average molecular weight is 557 g/mol. The van der Waals surface area contributed by atoms with Crippen molar-refractivity contribution in [1.82, 2.24) is 10.2 Å². The molecule has 0 aliphatic carbocycles. The molecule has 0 saturated carbocycles. The van der Waals surface area contributed by atoms with Gasteiger partial charge in [0.2, 0.25) is 11.8 Å². The zero-order valence-corrected chi connectivity index (χ0v) is 22.2. The summed E-state index contributed by atoms with van der Waals surface area (Å²) in [4.78, 5) is 41.5. The average Bonchev–Trinajstić information content (AvgIpc) is 3.27. The standard InChI is InChI=1S/C30H25FN4O4S/c31-24-12-19(13-32)6-9-25(24)34-14-21(15-34)40-20-7-4-18(5-8-20)17-39-27-3-1-2-22-23(27)16-35(30(22)38)26-10-11-28(36)33-29(26)37/h1-9,12,21,26H,10-11,14-17H2,(H,33,36,37)/t26-/m1/s1. The number of halogens is 1. The summed E-state index contributed by atoms with van der Waals surface area (Å²) >= 11 is 1.74. The molecule has 3 aromatic rings. The molecule has 1 atom stereocenters. The van der Waals surface area contributed by atoms with Crippen LogP contribution in [0.25, 0.3) is 0 Å². The summed E-state index contributed by atoms with van der Waals surface area (Å²) in [5.74, 6) is -0.749. The van der Waals surface area contributed by atoms with Gasteiger partial charge in [-0.15, -0.1) is 11.8 Å². The Morgan fingerprint density at radius 2 is 1.88 bits per heavy atom. The smallest absolute Gasteiger partial charge is 0.255 e. The number of imide groups is 1. The molecule has 3 aliphatic rings. The molecule has 3 aromatic carbocycles. The number of piperidine rings is 1. The summed E-state index contributed by atoms with van der Waals surface area (Å²) in [7, 11) is 0. The highest BCUT2D eigenvalue weighted by molar-refractivity contribution is 8.00. The molecule has 6 rings (SSSR count). The Morgan fingerprint density at radius 1 is 1.07 bits per heavy atom. The highest BCUT2D eigenvalue weighted by atomic mass is 32.2. The first-order valence-electron chi connectivity index (χ1n) is 13.0. The molecule has 40 heavy (non-hydrogen) atoms. The fraction of sp³-hybridized carbons (Fsp3) is 0.267. The minimum absolute atomic E-state index is 0.211. The molecule has 2 saturated heterocycles. The summed E-state index contributed by atoms with van der Waals surface area (Å²) in [6.45, 7) is 2.04. The minimum Gasteiger partial charge on any atom is -0.489 e. The third kappa shape index (κ3) is 5.00. The number of thioether (sulfide) groups is 1. The van der Waals surface area contributed by atoms with Gasteiger partial charge in [0, 0.05) is 40.8 Å². The van der Waals surface area contributed by atoms with Crippen molar-refractivity contribution in [3.05, 3.63) is 88.7 Å². The van der Waals surface area contributed by atoms with Gasteiger partial charge < -0.3 is 14.5 Å². The van der Waals surface area contributed by atoms with Crippen LogP contribution in [-0.2, 0) is 22.7 Å². The Bertz CT molecular complexity index is 1550. The van der Waals surface area contributed by atoms with Crippen LogP contribution in [0.3, 0.4) is 0 Å². The summed E-state index contributed by atoms with van der Waals surface area (Å²) in [6.07, 6.45) is 0.527. The second-order valence-corrected chi connectivity index (χ2v) is 11.4. The first-order chi connectivity index (χ1) is 19.4. The second-order valence-electron chi connectivity index (χ2n) is 10.0. The lowest BCUT2D eigenvalue weighted by Gasteiger charge is -2.40. The van der Waals surface area contributed by atoms with Crippen LogP contribution in [0.4, 0.5) is 10.1 Å². The van der Waals surface area contributed by atoms with Crippen LogP contribution in [0.1, 0.15) is 39.9 Å². The van der Waals surface area contributed by atoms with Gasteiger partial charge in [-0.05, 0) is 54.4 Å². The Morgan fingerprint density at radius 3 is 2.60 bits per heavy atom. The number of nitrogens with zero attached hydrogens (tertiary/aromatic N) is 3. The van der Waals surface area contributed by atoms with Gasteiger partial charge in [-0.3, -0.25) is 19.7 Å². The maximum atomic E-state index is 14.3. The SMILES string of the molecule is N#Cc1ccc(N2CC(Sc3ccc(COc4cccc5c4CN([C@@H]4CCC(=O)NC4=O)C5=O)cc3)C2)c(F)c1. The number of ether oxygens (including phenoxy) is 1. The molecule has 8 nitrogen and oxygen atoms in total. The van der Waals surface area contributed by atoms with E-state index in [1.807, 2.05) is 41.3 Å². The number of hydrogen-bond acceptors (Lipinski definition) is 7. The summed E-state index contributed by atoms with van der Waals surface area (Å²) in [5.41, 5.74) is 3.08. The summed E-state index contributed by atoms with van der Waals surface area (Å²) in [6, 6.07) is 19.3. The van der Waals surface area contributed by atoms with Gasteiger partial charge in [0.1, 0.15) is 24.2 Å². The predicted octanol–water partition coefficient (Wildman–Crippen LogP) is 4.02. The van der Waals surface area contributed by atoms with Crippen LogP contribution >= 0.6 is 11.8 Å². The van der Waals surface area contributed by atoms with Crippen molar-refractivity contribution in [3.63, 3.8) is 0 Å². The third-order valence-corrected chi connectivity index (χ3v) is 8.60. The van der Waals surface area contributed by atoms with Gasteiger partial charge in [0.25, 0.3) is 5.91 Å². The van der Waals surface area contributed by atoms with Crippen molar-refractivity contribution in [2.45, 2.75) is 42.2 Å². The van der Waals surface area contributed by atoms with Crippen LogP contribution in [0, 0.1) is 17.1 Å². The lowest BCUT2D eigenvalue weighted by atomic mass is 10.0. The van der Waals surface area contributed by atoms with Gasteiger partial charge in [-0.25, -0.2) is 4.39 Å². The van der Waals surface area contributed by atoms with E-state index in [0.717, 1.165) is 29.1 Å². The van der Waals surface area contributed by atoms with Crippen molar-refractivity contribution in [1.29, 1.82) is 5.26 Å². The number of carbonyl (C=O) groups excluding carboxylic acids is 3. The van der Waals surface area contributed by atoms with E-state index < -0.39 is 11.9 Å². The lowest BCUT2D eigenvalue weighted by Crippen LogP contribution is -2.52. The van der Waals surface area contributed by atoms with Gasteiger partial charge in [-0.1, -0.05) is 18.2 Å². The van der Waals surface area contributed by atoms with Crippen molar-refractivity contribution in [2.75, 3.05) is 18.0 Å². The maximum Gasteiger partial charge on any atom is 0.255 e. The van der Waals surface area contributed by atoms with Gasteiger partial charge in [-0.2, -0.15) is 5.26 Å². The van der Waals surface area contributed by atoms with Gasteiger partial charge in [0.15, 0.2) is 0 Å². The van der Waals surface area contributed by atoms with Gasteiger partial charge in [0.05, 0.1) is 23.9 Å². The second kappa shape index (κ2) is 10.7. The molecule has 0 bridgehead atoms. The molecule has 3 amide bonds. The minimum atomic E-state index is -0.665. The Labute approximate surface area is 234 Å². The van der Waals surface area contributed by atoms with Crippen molar-refractivity contribution >= 4 is 35.2 Å². The van der Waals surface area contributed by atoms with E-state index in [9.17, 15) is 18.8 Å². The number of anilines is 1. The molecular formula is C30H25FN4O4S. The molecular weight excluding hydrogens is 531 g/mol. The van der Waals surface area contributed by atoms with E-state index in [1.54, 1.807) is 36.0 Å². The van der Waals surface area contributed by atoms with E-state index in [4.69, 9.17) is 10.00 Å². The van der Waals surface area contributed by atoms with E-state index in [2.05, 4.69) is 5.32 Å². The Kier molecular flexibility index (Phi) is 6.90. The highest BCUT2D eigenvalue weighted by Crippen LogP contribution is 2.36. The van der Waals surface area contributed by atoms with Gasteiger partial charge >= 0.3 is 0 Å².